The van der Waals surface area contributed by atoms with E-state index in [1.54, 1.807) is 21.9 Å². The Morgan fingerprint density at radius 3 is 2.83 bits per heavy atom. The fraction of sp³-hybridized carbons (Fsp3) is 0.412. The van der Waals surface area contributed by atoms with Crippen LogP contribution in [0.1, 0.15) is 12.1 Å². The van der Waals surface area contributed by atoms with Crippen molar-refractivity contribution >= 4 is 17.2 Å². The van der Waals surface area contributed by atoms with Crippen LogP contribution in [0.25, 0.3) is 0 Å². The first-order chi connectivity index (χ1) is 11.5. The van der Waals surface area contributed by atoms with Gasteiger partial charge in [-0.1, -0.05) is 23.5 Å². The van der Waals surface area contributed by atoms with Gasteiger partial charge in [-0.25, -0.2) is 0 Å². The van der Waals surface area contributed by atoms with Crippen molar-refractivity contribution in [1.82, 2.24) is 9.47 Å². The summed E-state index contributed by atoms with van der Waals surface area (Å²) in [5.41, 5.74) is 0.890. The third kappa shape index (κ3) is 3.62. The summed E-state index contributed by atoms with van der Waals surface area (Å²) in [6.07, 6.45) is 0.0949. The molecular weight excluding hydrogens is 328 g/mol. The fourth-order valence-electron chi connectivity index (χ4n) is 2.63. The summed E-state index contributed by atoms with van der Waals surface area (Å²) in [6.45, 7) is 3.14. The molecule has 1 aromatic carbocycles. The van der Waals surface area contributed by atoms with E-state index in [-0.39, 0.29) is 23.3 Å². The molecule has 1 aliphatic rings. The smallest absolute Gasteiger partial charge is 0.307 e. The van der Waals surface area contributed by atoms with E-state index < -0.39 is 0 Å². The lowest BCUT2D eigenvalue weighted by Crippen LogP contribution is -2.42. The molecule has 0 N–H and O–H groups in total. The van der Waals surface area contributed by atoms with Crippen molar-refractivity contribution in [2.45, 2.75) is 26.0 Å². The molecule has 1 amide bonds. The summed E-state index contributed by atoms with van der Waals surface area (Å²) >= 11 is 1.16. The second kappa shape index (κ2) is 7.09. The minimum atomic E-state index is -0.195. The molecule has 128 valence electrons. The highest BCUT2D eigenvalue weighted by atomic mass is 32.1. The van der Waals surface area contributed by atoms with E-state index in [0.29, 0.717) is 25.4 Å². The number of carbonyl (C=O) groups is 1. The monoisotopic (exact) mass is 348 g/mol. The highest BCUT2D eigenvalue weighted by Crippen LogP contribution is 2.30. The minimum absolute atomic E-state index is 0.0186. The number of amides is 1. The topological polar surface area (TPSA) is 60.8 Å². The maximum Gasteiger partial charge on any atom is 0.307 e. The van der Waals surface area contributed by atoms with Gasteiger partial charge in [0.05, 0.1) is 6.54 Å². The third-order valence-corrected chi connectivity index (χ3v) is 4.88. The van der Waals surface area contributed by atoms with Crippen molar-refractivity contribution in [3.8, 4) is 11.5 Å². The van der Waals surface area contributed by atoms with E-state index in [9.17, 15) is 9.59 Å². The van der Waals surface area contributed by atoms with Gasteiger partial charge in [0.2, 0.25) is 5.91 Å². The Balaban J connectivity index is 1.53. The number of hydrogen-bond acceptors (Lipinski definition) is 5. The maximum atomic E-state index is 12.3. The van der Waals surface area contributed by atoms with E-state index >= 15 is 0 Å². The molecule has 0 fully saturated rings. The van der Waals surface area contributed by atoms with Crippen molar-refractivity contribution in [2.75, 3.05) is 20.2 Å². The van der Waals surface area contributed by atoms with Gasteiger partial charge in [0.15, 0.2) is 17.6 Å². The van der Waals surface area contributed by atoms with Crippen LogP contribution < -0.4 is 14.3 Å². The Morgan fingerprint density at radius 2 is 2.12 bits per heavy atom. The van der Waals surface area contributed by atoms with Crippen LogP contribution in [0, 0.1) is 6.92 Å². The molecule has 1 aliphatic heterocycles. The van der Waals surface area contributed by atoms with Gasteiger partial charge >= 0.3 is 4.87 Å². The molecule has 0 radical (unpaired) electrons. The summed E-state index contributed by atoms with van der Waals surface area (Å²) < 4.78 is 13.2. The van der Waals surface area contributed by atoms with Crippen LogP contribution >= 0.6 is 11.3 Å². The van der Waals surface area contributed by atoms with Crippen LogP contribution in [0.3, 0.4) is 0 Å². The fourth-order valence-corrected chi connectivity index (χ4v) is 3.39. The van der Waals surface area contributed by atoms with E-state index in [2.05, 4.69) is 0 Å². The SMILES string of the molecule is Cc1csc(=O)n1CCC(=O)N(C)C[C@H]1COc2ccccc2O1. The van der Waals surface area contributed by atoms with Gasteiger partial charge < -0.3 is 18.9 Å². The average Bonchev–Trinajstić information content (AvgIpc) is 2.90. The zero-order valence-corrected chi connectivity index (χ0v) is 14.5. The number of para-hydroxylation sites is 2. The molecule has 1 aromatic heterocycles. The average molecular weight is 348 g/mol. The van der Waals surface area contributed by atoms with Gasteiger partial charge in [0, 0.05) is 31.1 Å². The van der Waals surface area contributed by atoms with E-state index in [4.69, 9.17) is 9.47 Å². The van der Waals surface area contributed by atoms with Gasteiger partial charge in [-0.3, -0.25) is 9.59 Å². The molecule has 7 heteroatoms. The van der Waals surface area contributed by atoms with Crippen LogP contribution in [0.4, 0.5) is 0 Å². The molecule has 1 atom stereocenters. The van der Waals surface area contributed by atoms with Crippen LogP contribution in [-0.4, -0.2) is 41.7 Å². The summed E-state index contributed by atoms with van der Waals surface area (Å²) in [7, 11) is 1.75. The third-order valence-electron chi connectivity index (χ3n) is 4.00. The Labute approximate surface area is 144 Å². The number of ether oxygens (including phenoxy) is 2. The van der Waals surface area contributed by atoms with Gasteiger partial charge in [-0.05, 0) is 19.1 Å². The van der Waals surface area contributed by atoms with Crippen LogP contribution in [0.15, 0.2) is 34.4 Å². The lowest BCUT2D eigenvalue weighted by Gasteiger charge is -2.29. The predicted molar refractivity (Wildman–Crippen MR) is 91.9 cm³/mol. The maximum absolute atomic E-state index is 12.3. The van der Waals surface area contributed by atoms with Crippen molar-refractivity contribution in [2.24, 2.45) is 0 Å². The van der Waals surface area contributed by atoms with E-state index in [1.807, 2.05) is 31.2 Å². The van der Waals surface area contributed by atoms with Gasteiger partial charge in [-0.2, -0.15) is 0 Å². The second-order valence-corrected chi connectivity index (χ2v) is 6.64. The molecule has 0 unspecified atom stereocenters. The Kier molecular flexibility index (Phi) is 4.89. The summed E-state index contributed by atoms with van der Waals surface area (Å²) in [4.78, 5) is 25.6. The number of aromatic nitrogens is 1. The van der Waals surface area contributed by atoms with Crippen LogP contribution in [0.2, 0.25) is 0 Å². The zero-order valence-electron chi connectivity index (χ0n) is 13.7. The summed E-state index contributed by atoms with van der Waals surface area (Å²) in [5, 5.41) is 1.81. The molecular formula is C17H20N2O4S. The molecule has 0 saturated carbocycles. The minimum Gasteiger partial charge on any atom is -0.486 e. The van der Waals surface area contributed by atoms with Gasteiger partial charge in [-0.15, -0.1) is 0 Å². The number of hydrogen-bond donors (Lipinski definition) is 0. The molecule has 3 rings (SSSR count). The van der Waals surface area contributed by atoms with Gasteiger partial charge in [0.25, 0.3) is 0 Å². The molecule has 6 nitrogen and oxygen atoms in total. The Hall–Kier alpha value is -2.28. The summed E-state index contributed by atoms with van der Waals surface area (Å²) in [5.74, 6) is 1.42. The Morgan fingerprint density at radius 1 is 1.38 bits per heavy atom. The highest BCUT2D eigenvalue weighted by Gasteiger charge is 2.23. The number of thiazole rings is 1. The number of rotatable bonds is 5. The number of benzene rings is 1. The molecule has 2 heterocycles. The normalized spacial score (nSPS) is 16.0. The number of aryl methyl sites for hydroxylation is 1. The van der Waals surface area contributed by atoms with Crippen molar-refractivity contribution in [1.29, 1.82) is 0 Å². The standard InChI is InChI=1S/C17H20N2O4S/c1-12-11-24-17(21)19(12)8-7-16(20)18(2)9-13-10-22-14-5-3-4-6-15(14)23-13/h3-6,11,13H,7-10H2,1-2H3/t13-/m0/s1. The number of likely N-dealkylation sites (N-methyl/N-ethyl adjacent to an activating group) is 1. The molecule has 0 spiro atoms. The summed E-state index contributed by atoms with van der Waals surface area (Å²) in [6, 6.07) is 7.50. The zero-order chi connectivity index (χ0) is 17.1. The predicted octanol–water partition coefficient (Wildman–Crippen LogP) is 1.91. The number of carbonyl (C=O) groups excluding carboxylic acids is 1. The van der Waals surface area contributed by atoms with E-state index in [1.165, 1.54) is 0 Å². The lowest BCUT2D eigenvalue weighted by atomic mass is 10.2. The second-order valence-electron chi connectivity index (χ2n) is 5.82. The largest absolute Gasteiger partial charge is 0.486 e. The van der Waals surface area contributed by atoms with Crippen molar-refractivity contribution < 1.29 is 14.3 Å². The lowest BCUT2D eigenvalue weighted by molar-refractivity contribution is -0.131. The highest BCUT2D eigenvalue weighted by molar-refractivity contribution is 7.07. The first-order valence-corrected chi connectivity index (χ1v) is 8.70. The Bertz CT molecular complexity index is 783. The first-order valence-electron chi connectivity index (χ1n) is 7.82. The molecule has 0 aliphatic carbocycles. The van der Waals surface area contributed by atoms with Crippen molar-refractivity contribution in [3.63, 3.8) is 0 Å². The van der Waals surface area contributed by atoms with Gasteiger partial charge in [0.1, 0.15) is 6.61 Å². The van der Waals surface area contributed by atoms with Crippen molar-refractivity contribution in [3.05, 3.63) is 45.0 Å². The van der Waals surface area contributed by atoms with E-state index in [0.717, 1.165) is 22.8 Å². The number of nitrogens with zero attached hydrogens (tertiary/aromatic N) is 2. The molecule has 24 heavy (non-hydrogen) atoms. The van der Waals surface area contributed by atoms with Crippen LogP contribution in [-0.2, 0) is 11.3 Å². The molecule has 0 saturated heterocycles. The van der Waals surface area contributed by atoms with Crippen LogP contribution in [0.5, 0.6) is 11.5 Å². The molecule has 2 aromatic rings. The number of fused-ring (bicyclic) bond motifs is 1. The molecule has 0 bridgehead atoms. The quantitative estimate of drug-likeness (QED) is 0.828. The first kappa shape index (κ1) is 16.6.